The van der Waals surface area contributed by atoms with E-state index >= 15 is 0 Å². The van der Waals surface area contributed by atoms with Crippen LogP contribution in [0.25, 0.3) is 0 Å². The Hall–Kier alpha value is -2.67. The van der Waals surface area contributed by atoms with E-state index in [2.05, 4.69) is 5.32 Å². The number of rotatable bonds is 7. The third-order valence-corrected chi connectivity index (χ3v) is 5.71. The van der Waals surface area contributed by atoms with Crippen LogP contribution in [-0.2, 0) is 9.53 Å². The van der Waals surface area contributed by atoms with E-state index in [1.54, 1.807) is 60.8 Å². The van der Waals surface area contributed by atoms with Crippen LogP contribution in [0.3, 0.4) is 0 Å². The first-order valence-corrected chi connectivity index (χ1v) is 10.6. The lowest BCUT2D eigenvalue weighted by atomic mass is 10.0. The zero-order valence-corrected chi connectivity index (χ0v) is 18.2. The summed E-state index contributed by atoms with van der Waals surface area (Å²) in [7, 11) is 0. The first-order chi connectivity index (χ1) is 14.4. The number of halogens is 2. The summed E-state index contributed by atoms with van der Waals surface area (Å²) in [5, 5.41) is 5.42. The fourth-order valence-electron chi connectivity index (χ4n) is 2.82. The Bertz CT molecular complexity index is 1080. The molecule has 154 valence electrons. The van der Waals surface area contributed by atoms with Crippen molar-refractivity contribution in [3.63, 3.8) is 0 Å². The normalized spacial score (nSPS) is 11.6. The van der Waals surface area contributed by atoms with Gasteiger partial charge in [-0.3, -0.25) is 9.59 Å². The van der Waals surface area contributed by atoms with Crippen LogP contribution >= 0.6 is 34.5 Å². The molecule has 2 aromatic carbocycles. The first kappa shape index (κ1) is 22.0. The highest BCUT2D eigenvalue weighted by Crippen LogP contribution is 2.26. The van der Waals surface area contributed by atoms with Gasteiger partial charge in [0.25, 0.3) is 5.91 Å². The van der Waals surface area contributed by atoms with Gasteiger partial charge in [-0.25, -0.2) is 4.79 Å². The zero-order chi connectivity index (χ0) is 21.7. The minimum absolute atomic E-state index is 0.109. The Morgan fingerprint density at radius 2 is 1.77 bits per heavy atom. The van der Waals surface area contributed by atoms with Gasteiger partial charge in [0.1, 0.15) is 0 Å². The van der Waals surface area contributed by atoms with Crippen LogP contribution in [-0.4, -0.2) is 24.3 Å². The lowest BCUT2D eigenvalue weighted by Gasteiger charge is -2.16. The van der Waals surface area contributed by atoms with Gasteiger partial charge in [-0.1, -0.05) is 53.5 Å². The molecule has 5 nitrogen and oxygen atoms in total. The fourth-order valence-corrected chi connectivity index (χ4v) is 4.07. The fraction of sp³-hybridized carbons (Fsp3) is 0.136. The average Bonchev–Trinajstić information content (AvgIpc) is 3.26. The zero-order valence-electron chi connectivity index (χ0n) is 15.9. The molecule has 0 aliphatic heterocycles. The van der Waals surface area contributed by atoms with Crippen molar-refractivity contribution in [2.75, 3.05) is 6.61 Å². The van der Waals surface area contributed by atoms with Crippen LogP contribution in [0, 0.1) is 0 Å². The summed E-state index contributed by atoms with van der Waals surface area (Å²) in [4.78, 5) is 37.9. The summed E-state index contributed by atoms with van der Waals surface area (Å²) in [5.41, 5.74) is 1.02. The van der Waals surface area contributed by atoms with E-state index < -0.39 is 24.5 Å². The highest BCUT2D eigenvalue weighted by molar-refractivity contribution is 7.12. The third-order valence-electron chi connectivity index (χ3n) is 4.28. The molecule has 0 radical (unpaired) electrons. The van der Waals surface area contributed by atoms with Crippen LogP contribution in [0.4, 0.5) is 0 Å². The third kappa shape index (κ3) is 5.27. The van der Waals surface area contributed by atoms with Crippen molar-refractivity contribution in [3.05, 3.63) is 91.6 Å². The van der Waals surface area contributed by atoms with E-state index in [4.69, 9.17) is 27.9 Å². The molecule has 0 aliphatic rings. The van der Waals surface area contributed by atoms with Crippen molar-refractivity contribution < 1.29 is 19.1 Å². The second kappa shape index (κ2) is 9.89. The predicted octanol–water partition coefficient (Wildman–Crippen LogP) is 5.32. The maximum atomic E-state index is 12.6. The minimum Gasteiger partial charge on any atom is -0.452 e. The van der Waals surface area contributed by atoms with E-state index in [0.717, 1.165) is 0 Å². The Balaban J connectivity index is 1.63. The number of carbonyl (C=O) groups excluding carboxylic acids is 3. The molecule has 0 bridgehead atoms. The largest absolute Gasteiger partial charge is 0.452 e. The summed E-state index contributed by atoms with van der Waals surface area (Å²) in [6, 6.07) is 14.4. The van der Waals surface area contributed by atoms with E-state index in [9.17, 15) is 14.4 Å². The van der Waals surface area contributed by atoms with E-state index in [-0.39, 0.29) is 16.9 Å². The van der Waals surface area contributed by atoms with Gasteiger partial charge < -0.3 is 10.1 Å². The number of ketones is 1. The summed E-state index contributed by atoms with van der Waals surface area (Å²) in [6.07, 6.45) is 0. The Morgan fingerprint density at radius 1 is 1.03 bits per heavy atom. The molecule has 0 aliphatic carbocycles. The van der Waals surface area contributed by atoms with E-state index in [1.807, 2.05) is 0 Å². The number of hydrogen-bond donors (Lipinski definition) is 1. The smallest absolute Gasteiger partial charge is 0.339 e. The molecule has 0 saturated carbocycles. The second-order valence-corrected chi connectivity index (χ2v) is 8.17. The molecule has 1 aromatic heterocycles. The molecule has 1 unspecified atom stereocenters. The number of hydrogen-bond acceptors (Lipinski definition) is 5. The Morgan fingerprint density at radius 3 is 2.43 bits per heavy atom. The van der Waals surface area contributed by atoms with Crippen molar-refractivity contribution in [3.8, 4) is 0 Å². The highest BCUT2D eigenvalue weighted by atomic mass is 35.5. The quantitative estimate of drug-likeness (QED) is 0.381. The van der Waals surface area contributed by atoms with Gasteiger partial charge in [0.15, 0.2) is 6.61 Å². The molecule has 1 amide bonds. The molecule has 0 saturated heterocycles. The minimum atomic E-state index is -0.747. The SMILES string of the molecule is CC(NC(=O)COC(=O)c1ccccc1C(=O)c1cccs1)c1ccc(Cl)cc1Cl. The van der Waals surface area contributed by atoms with E-state index in [1.165, 1.54) is 17.4 Å². The molecule has 8 heteroatoms. The van der Waals surface area contributed by atoms with Gasteiger partial charge in [0.2, 0.25) is 5.78 Å². The standard InChI is InChI=1S/C22H17Cl2NO4S/c1-13(15-9-8-14(23)11-18(15)24)25-20(26)12-29-22(28)17-6-3-2-5-16(17)21(27)19-7-4-10-30-19/h2-11,13H,12H2,1H3,(H,25,26). The van der Waals surface area contributed by atoms with Gasteiger partial charge in [0.05, 0.1) is 16.5 Å². The molecule has 1 N–H and O–H groups in total. The van der Waals surface area contributed by atoms with Gasteiger partial charge in [-0.05, 0) is 42.1 Å². The molecule has 1 heterocycles. The number of amides is 1. The van der Waals surface area contributed by atoms with Crippen LogP contribution in [0.1, 0.15) is 44.1 Å². The van der Waals surface area contributed by atoms with Crippen molar-refractivity contribution in [2.45, 2.75) is 13.0 Å². The van der Waals surface area contributed by atoms with Crippen LogP contribution in [0.2, 0.25) is 10.0 Å². The highest BCUT2D eigenvalue weighted by Gasteiger charge is 2.21. The van der Waals surface area contributed by atoms with Gasteiger partial charge in [-0.2, -0.15) is 0 Å². The molecular weight excluding hydrogens is 445 g/mol. The second-order valence-electron chi connectivity index (χ2n) is 6.38. The van der Waals surface area contributed by atoms with Crippen LogP contribution in [0.5, 0.6) is 0 Å². The number of thiophene rings is 1. The molecule has 1 atom stereocenters. The summed E-state index contributed by atoms with van der Waals surface area (Å²) in [6.45, 7) is 1.26. The molecule has 0 fully saturated rings. The summed E-state index contributed by atoms with van der Waals surface area (Å²) < 4.78 is 5.13. The number of carbonyl (C=O) groups is 3. The molecular formula is C22H17Cl2NO4S. The van der Waals surface area contributed by atoms with Crippen molar-refractivity contribution in [2.24, 2.45) is 0 Å². The van der Waals surface area contributed by atoms with Gasteiger partial charge >= 0.3 is 5.97 Å². The Kier molecular flexibility index (Phi) is 7.26. The van der Waals surface area contributed by atoms with Crippen molar-refractivity contribution >= 4 is 52.2 Å². The molecule has 3 aromatic rings. The van der Waals surface area contributed by atoms with Crippen LogP contribution in [0.15, 0.2) is 60.0 Å². The average molecular weight is 462 g/mol. The molecule has 3 rings (SSSR count). The molecule has 0 spiro atoms. The maximum Gasteiger partial charge on any atom is 0.339 e. The lowest BCUT2D eigenvalue weighted by Crippen LogP contribution is -2.31. The number of esters is 1. The number of ether oxygens (including phenoxy) is 1. The predicted molar refractivity (Wildman–Crippen MR) is 117 cm³/mol. The lowest BCUT2D eigenvalue weighted by molar-refractivity contribution is -0.124. The van der Waals surface area contributed by atoms with Crippen LogP contribution < -0.4 is 5.32 Å². The molecule has 30 heavy (non-hydrogen) atoms. The number of benzene rings is 2. The van der Waals surface area contributed by atoms with Gasteiger partial charge in [-0.15, -0.1) is 11.3 Å². The maximum absolute atomic E-state index is 12.6. The number of nitrogens with one attached hydrogen (secondary N) is 1. The summed E-state index contributed by atoms with van der Waals surface area (Å²) in [5.74, 6) is -1.51. The van der Waals surface area contributed by atoms with Crippen molar-refractivity contribution in [1.82, 2.24) is 5.32 Å². The first-order valence-electron chi connectivity index (χ1n) is 8.95. The van der Waals surface area contributed by atoms with Gasteiger partial charge in [0, 0.05) is 15.6 Å². The monoisotopic (exact) mass is 461 g/mol. The topological polar surface area (TPSA) is 72.5 Å². The van der Waals surface area contributed by atoms with E-state index in [0.29, 0.717) is 20.5 Å². The summed E-state index contributed by atoms with van der Waals surface area (Å²) >= 11 is 13.3. The Labute approximate surface area is 187 Å². The van der Waals surface area contributed by atoms with Crippen molar-refractivity contribution in [1.29, 1.82) is 0 Å².